The maximum Gasteiger partial charge on any atom is 0.322 e. The van der Waals surface area contributed by atoms with Crippen LogP contribution in [0.5, 0.6) is 0 Å². The third kappa shape index (κ3) is 3.85. The van der Waals surface area contributed by atoms with Crippen molar-refractivity contribution in [3.63, 3.8) is 0 Å². The van der Waals surface area contributed by atoms with E-state index in [-0.39, 0.29) is 12.1 Å². The smallest absolute Gasteiger partial charge is 0.322 e. The molecule has 1 heterocycles. The minimum Gasteiger partial charge on any atom is -0.361 e. The standard InChI is InChI=1S/C21H25N3O/c1-4-16-9-11-18(12-10-16)23-21(25)24(15(2)3)14-17-13-22-20-8-6-5-7-19(17)20/h5-13,15,22H,4,14H2,1-3H3,(H,23,25). The number of aryl methyl sites for hydroxylation is 1. The molecule has 0 unspecified atom stereocenters. The molecular weight excluding hydrogens is 310 g/mol. The number of anilines is 1. The Bertz CT molecular complexity index is 849. The molecule has 0 spiro atoms. The first kappa shape index (κ1) is 17.1. The van der Waals surface area contributed by atoms with Gasteiger partial charge in [-0.05, 0) is 49.6 Å². The van der Waals surface area contributed by atoms with Crippen molar-refractivity contribution in [3.05, 3.63) is 65.9 Å². The molecule has 3 rings (SSSR count). The molecule has 0 aliphatic rings. The van der Waals surface area contributed by atoms with Gasteiger partial charge in [-0.15, -0.1) is 0 Å². The van der Waals surface area contributed by atoms with Crippen LogP contribution in [0.2, 0.25) is 0 Å². The van der Waals surface area contributed by atoms with Crippen LogP contribution in [0.15, 0.2) is 54.7 Å². The van der Waals surface area contributed by atoms with Gasteiger partial charge in [-0.2, -0.15) is 0 Å². The highest BCUT2D eigenvalue weighted by Crippen LogP contribution is 2.21. The quantitative estimate of drug-likeness (QED) is 0.663. The maximum atomic E-state index is 12.8. The second kappa shape index (κ2) is 7.43. The first-order valence-electron chi connectivity index (χ1n) is 8.80. The summed E-state index contributed by atoms with van der Waals surface area (Å²) >= 11 is 0. The average molecular weight is 335 g/mol. The van der Waals surface area contributed by atoms with Gasteiger partial charge < -0.3 is 15.2 Å². The first-order valence-corrected chi connectivity index (χ1v) is 8.80. The molecule has 0 fully saturated rings. The number of carbonyl (C=O) groups excluding carboxylic acids is 1. The van der Waals surface area contributed by atoms with Gasteiger partial charge in [0, 0.05) is 35.4 Å². The molecule has 0 saturated heterocycles. The molecule has 130 valence electrons. The largest absolute Gasteiger partial charge is 0.361 e. The monoisotopic (exact) mass is 335 g/mol. The zero-order chi connectivity index (χ0) is 17.8. The summed E-state index contributed by atoms with van der Waals surface area (Å²) < 4.78 is 0. The third-order valence-electron chi connectivity index (χ3n) is 4.51. The number of fused-ring (bicyclic) bond motifs is 1. The van der Waals surface area contributed by atoms with Crippen LogP contribution in [0.4, 0.5) is 10.5 Å². The van der Waals surface area contributed by atoms with Crippen LogP contribution < -0.4 is 5.32 Å². The van der Waals surface area contributed by atoms with Crippen molar-refractivity contribution in [2.24, 2.45) is 0 Å². The Morgan fingerprint density at radius 3 is 2.52 bits per heavy atom. The Kier molecular flexibility index (Phi) is 5.08. The van der Waals surface area contributed by atoms with Crippen molar-refractivity contribution in [1.82, 2.24) is 9.88 Å². The number of aromatic amines is 1. The van der Waals surface area contributed by atoms with Crippen LogP contribution in [0.1, 0.15) is 31.9 Å². The lowest BCUT2D eigenvalue weighted by atomic mass is 10.1. The van der Waals surface area contributed by atoms with Crippen LogP contribution >= 0.6 is 0 Å². The lowest BCUT2D eigenvalue weighted by Crippen LogP contribution is -2.39. The number of amides is 2. The SMILES string of the molecule is CCc1ccc(NC(=O)N(Cc2c[nH]c3ccccc23)C(C)C)cc1. The van der Waals surface area contributed by atoms with E-state index >= 15 is 0 Å². The van der Waals surface area contributed by atoms with Gasteiger partial charge in [0.25, 0.3) is 0 Å². The van der Waals surface area contributed by atoms with E-state index in [1.165, 1.54) is 5.56 Å². The van der Waals surface area contributed by atoms with E-state index in [9.17, 15) is 4.79 Å². The van der Waals surface area contributed by atoms with Crippen LogP contribution in [-0.2, 0) is 13.0 Å². The van der Waals surface area contributed by atoms with Crippen molar-refractivity contribution in [2.45, 2.75) is 39.8 Å². The van der Waals surface area contributed by atoms with Crippen LogP contribution in [0.3, 0.4) is 0 Å². The van der Waals surface area contributed by atoms with Crippen molar-refractivity contribution in [1.29, 1.82) is 0 Å². The summed E-state index contributed by atoms with van der Waals surface area (Å²) in [5, 5.41) is 4.17. The fraction of sp³-hybridized carbons (Fsp3) is 0.286. The number of H-pyrrole nitrogens is 1. The Balaban J connectivity index is 1.76. The summed E-state index contributed by atoms with van der Waals surface area (Å²) in [4.78, 5) is 17.9. The summed E-state index contributed by atoms with van der Waals surface area (Å²) in [6.45, 7) is 6.76. The van der Waals surface area contributed by atoms with Crippen molar-refractivity contribution in [2.75, 3.05) is 5.32 Å². The summed E-state index contributed by atoms with van der Waals surface area (Å²) in [5.41, 5.74) is 4.31. The second-order valence-corrected chi connectivity index (χ2v) is 6.56. The molecule has 4 heteroatoms. The fourth-order valence-corrected chi connectivity index (χ4v) is 2.95. The highest BCUT2D eigenvalue weighted by atomic mass is 16.2. The van der Waals surface area contributed by atoms with Crippen LogP contribution in [0.25, 0.3) is 10.9 Å². The summed E-state index contributed by atoms with van der Waals surface area (Å²) in [6, 6.07) is 16.2. The zero-order valence-corrected chi connectivity index (χ0v) is 15.0. The fourth-order valence-electron chi connectivity index (χ4n) is 2.95. The van der Waals surface area contributed by atoms with Gasteiger partial charge in [0.05, 0.1) is 0 Å². The van der Waals surface area contributed by atoms with E-state index < -0.39 is 0 Å². The number of aromatic nitrogens is 1. The molecule has 1 aromatic heterocycles. The van der Waals surface area contributed by atoms with Gasteiger partial charge in [0.2, 0.25) is 0 Å². The number of urea groups is 1. The number of nitrogens with one attached hydrogen (secondary N) is 2. The lowest BCUT2D eigenvalue weighted by molar-refractivity contribution is 0.194. The van der Waals surface area contributed by atoms with Gasteiger partial charge >= 0.3 is 6.03 Å². The Labute approximate surface area is 148 Å². The van der Waals surface area contributed by atoms with E-state index in [0.29, 0.717) is 6.54 Å². The molecule has 25 heavy (non-hydrogen) atoms. The predicted molar refractivity (Wildman–Crippen MR) is 104 cm³/mol. The minimum atomic E-state index is -0.0791. The molecule has 0 bridgehead atoms. The van der Waals surface area contributed by atoms with E-state index in [1.807, 2.05) is 55.3 Å². The first-order chi connectivity index (χ1) is 12.1. The zero-order valence-electron chi connectivity index (χ0n) is 15.0. The van der Waals surface area contributed by atoms with E-state index in [1.54, 1.807) is 0 Å². The topological polar surface area (TPSA) is 48.1 Å². The van der Waals surface area contributed by atoms with Crippen LogP contribution in [0, 0.1) is 0 Å². The molecule has 2 aromatic carbocycles. The highest BCUT2D eigenvalue weighted by Gasteiger charge is 2.19. The van der Waals surface area contributed by atoms with Gasteiger partial charge in [0.1, 0.15) is 0 Å². The molecule has 4 nitrogen and oxygen atoms in total. The third-order valence-corrected chi connectivity index (χ3v) is 4.51. The number of benzene rings is 2. The predicted octanol–water partition coefficient (Wildman–Crippen LogP) is 5.17. The molecule has 0 aliphatic carbocycles. The Morgan fingerprint density at radius 2 is 1.84 bits per heavy atom. The second-order valence-electron chi connectivity index (χ2n) is 6.56. The Hall–Kier alpha value is -2.75. The summed E-state index contributed by atoms with van der Waals surface area (Å²) in [6.07, 6.45) is 2.98. The van der Waals surface area contributed by atoms with E-state index in [2.05, 4.69) is 35.4 Å². The molecule has 3 aromatic rings. The minimum absolute atomic E-state index is 0.0791. The summed E-state index contributed by atoms with van der Waals surface area (Å²) in [7, 11) is 0. The number of hydrogen-bond acceptors (Lipinski definition) is 1. The number of nitrogens with zero attached hydrogens (tertiary/aromatic N) is 1. The van der Waals surface area contributed by atoms with Crippen molar-refractivity contribution >= 4 is 22.6 Å². The van der Waals surface area contributed by atoms with Crippen molar-refractivity contribution in [3.8, 4) is 0 Å². The average Bonchev–Trinajstić information content (AvgIpc) is 3.03. The number of rotatable bonds is 5. The maximum absolute atomic E-state index is 12.8. The normalized spacial score (nSPS) is 11.0. The van der Waals surface area contributed by atoms with E-state index in [4.69, 9.17) is 0 Å². The molecule has 0 atom stereocenters. The van der Waals surface area contributed by atoms with Gasteiger partial charge in [-0.1, -0.05) is 37.3 Å². The molecular formula is C21H25N3O. The molecule has 0 radical (unpaired) electrons. The number of hydrogen-bond donors (Lipinski definition) is 2. The van der Waals surface area contributed by atoms with Gasteiger partial charge in [-0.25, -0.2) is 4.79 Å². The number of carbonyl (C=O) groups is 1. The summed E-state index contributed by atoms with van der Waals surface area (Å²) in [5.74, 6) is 0. The lowest BCUT2D eigenvalue weighted by Gasteiger charge is -2.27. The molecule has 2 amide bonds. The number of para-hydroxylation sites is 1. The van der Waals surface area contributed by atoms with E-state index in [0.717, 1.165) is 28.6 Å². The molecule has 0 aliphatic heterocycles. The van der Waals surface area contributed by atoms with Gasteiger partial charge in [0.15, 0.2) is 0 Å². The van der Waals surface area contributed by atoms with Gasteiger partial charge in [-0.3, -0.25) is 0 Å². The highest BCUT2D eigenvalue weighted by molar-refractivity contribution is 5.90. The Morgan fingerprint density at radius 1 is 1.12 bits per heavy atom. The molecule has 2 N–H and O–H groups in total. The van der Waals surface area contributed by atoms with Crippen molar-refractivity contribution < 1.29 is 4.79 Å². The van der Waals surface area contributed by atoms with Crippen LogP contribution in [-0.4, -0.2) is 22.0 Å². The molecule has 0 saturated carbocycles.